The van der Waals surface area contributed by atoms with Gasteiger partial charge < -0.3 is 10.5 Å². The number of hydrogen-bond acceptors (Lipinski definition) is 2. The van der Waals surface area contributed by atoms with E-state index in [1.54, 1.807) is 24.3 Å². The van der Waals surface area contributed by atoms with Crippen LogP contribution < -0.4 is 10.5 Å². The minimum Gasteiger partial charge on any atom is -0.495 e. The molecule has 2 aromatic rings. The summed E-state index contributed by atoms with van der Waals surface area (Å²) < 4.78 is 6.16. The summed E-state index contributed by atoms with van der Waals surface area (Å²) in [5.74, 6) is -0.0797. The molecule has 0 aliphatic carbocycles. The first-order valence-corrected chi connectivity index (χ1v) is 6.63. The normalized spacial score (nSPS) is 10.3. The van der Waals surface area contributed by atoms with E-state index in [2.05, 4.69) is 15.9 Å². The summed E-state index contributed by atoms with van der Waals surface area (Å²) in [6.45, 7) is 0. The Kier molecular flexibility index (Phi) is 4.12. The molecule has 3 nitrogen and oxygen atoms in total. The highest BCUT2D eigenvalue weighted by molar-refractivity contribution is 9.10. The average molecular weight is 341 g/mol. The maximum Gasteiger partial charge on any atom is 0.252 e. The molecule has 5 heteroatoms. The molecule has 0 spiro atoms. The van der Waals surface area contributed by atoms with Crippen LogP contribution in [-0.4, -0.2) is 13.0 Å². The Morgan fingerprint density at radius 1 is 1.32 bits per heavy atom. The fraction of sp³-hybridized carbons (Fsp3) is 0.0714. The standard InChI is InChI=1S/C14H11BrClNO2/c1-19-13-11(3-2-4-12(13)14(17)18)8-5-9(15)7-10(16)6-8/h2-7H,1H3,(H2,17,18). The third kappa shape index (κ3) is 2.91. The van der Waals surface area contributed by atoms with Crippen molar-refractivity contribution in [1.82, 2.24) is 0 Å². The lowest BCUT2D eigenvalue weighted by molar-refractivity contribution is 0.0997. The van der Waals surface area contributed by atoms with Crippen LogP contribution in [0.1, 0.15) is 10.4 Å². The maximum absolute atomic E-state index is 11.4. The predicted molar refractivity (Wildman–Crippen MR) is 79.7 cm³/mol. The summed E-state index contributed by atoms with van der Waals surface area (Å²) in [5, 5.41) is 0.593. The second-order valence-electron chi connectivity index (χ2n) is 3.91. The summed E-state index contributed by atoms with van der Waals surface area (Å²) in [6.07, 6.45) is 0. The lowest BCUT2D eigenvalue weighted by Crippen LogP contribution is -2.12. The van der Waals surface area contributed by atoms with Gasteiger partial charge in [-0.15, -0.1) is 0 Å². The highest BCUT2D eigenvalue weighted by atomic mass is 79.9. The molecular formula is C14H11BrClNO2. The summed E-state index contributed by atoms with van der Waals surface area (Å²) in [5.41, 5.74) is 7.30. The van der Waals surface area contributed by atoms with E-state index < -0.39 is 5.91 Å². The van der Waals surface area contributed by atoms with Gasteiger partial charge in [-0.2, -0.15) is 0 Å². The summed E-state index contributed by atoms with van der Waals surface area (Å²) >= 11 is 9.42. The number of rotatable bonds is 3. The van der Waals surface area contributed by atoms with Gasteiger partial charge in [-0.05, 0) is 29.8 Å². The van der Waals surface area contributed by atoms with Gasteiger partial charge in [0.05, 0.1) is 12.7 Å². The van der Waals surface area contributed by atoms with Gasteiger partial charge in [-0.25, -0.2) is 0 Å². The molecule has 98 valence electrons. The third-order valence-corrected chi connectivity index (χ3v) is 3.33. The smallest absolute Gasteiger partial charge is 0.252 e. The molecule has 0 aliphatic rings. The van der Waals surface area contributed by atoms with Crippen molar-refractivity contribution in [2.24, 2.45) is 5.73 Å². The first-order valence-electron chi connectivity index (χ1n) is 5.46. The molecular weight excluding hydrogens is 330 g/mol. The largest absolute Gasteiger partial charge is 0.495 e. The predicted octanol–water partition coefficient (Wildman–Crippen LogP) is 3.88. The van der Waals surface area contributed by atoms with E-state index >= 15 is 0 Å². The van der Waals surface area contributed by atoms with Gasteiger partial charge in [-0.3, -0.25) is 4.79 Å². The molecule has 0 unspecified atom stereocenters. The molecule has 0 saturated carbocycles. The molecule has 2 aromatic carbocycles. The van der Waals surface area contributed by atoms with Crippen molar-refractivity contribution in [3.05, 3.63) is 51.5 Å². The van der Waals surface area contributed by atoms with Gasteiger partial charge in [-0.1, -0.05) is 39.7 Å². The van der Waals surface area contributed by atoms with Gasteiger partial charge in [0, 0.05) is 15.1 Å². The Morgan fingerprint density at radius 3 is 2.63 bits per heavy atom. The number of nitrogens with two attached hydrogens (primary N) is 1. The van der Waals surface area contributed by atoms with Crippen LogP contribution in [0.2, 0.25) is 5.02 Å². The molecule has 0 fully saturated rings. The van der Waals surface area contributed by atoms with Crippen LogP contribution in [0.4, 0.5) is 0 Å². The summed E-state index contributed by atoms with van der Waals surface area (Å²) in [6, 6.07) is 10.7. The van der Waals surface area contributed by atoms with Crippen LogP contribution in [-0.2, 0) is 0 Å². The van der Waals surface area contributed by atoms with Crippen LogP contribution in [0.5, 0.6) is 5.75 Å². The minimum absolute atomic E-state index is 0.344. The van der Waals surface area contributed by atoms with Crippen LogP contribution in [0.25, 0.3) is 11.1 Å². The van der Waals surface area contributed by atoms with Crippen LogP contribution in [0, 0.1) is 0 Å². The Bertz CT molecular complexity index is 623. The first-order chi connectivity index (χ1) is 9.02. The van der Waals surface area contributed by atoms with E-state index in [1.165, 1.54) is 7.11 Å². The Hall–Kier alpha value is -1.52. The monoisotopic (exact) mass is 339 g/mol. The lowest BCUT2D eigenvalue weighted by atomic mass is 10.0. The van der Waals surface area contributed by atoms with Crippen molar-refractivity contribution >= 4 is 33.4 Å². The Balaban J connectivity index is 2.68. The fourth-order valence-electron chi connectivity index (χ4n) is 1.89. The number of benzene rings is 2. The quantitative estimate of drug-likeness (QED) is 0.922. The number of amides is 1. The first kappa shape index (κ1) is 13.9. The van der Waals surface area contributed by atoms with E-state index in [1.807, 2.05) is 12.1 Å². The van der Waals surface area contributed by atoms with Gasteiger partial charge in [0.2, 0.25) is 0 Å². The van der Waals surface area contributed by atoms with Crippen molar-refractivity contribution in [2.75, 3.05) is 7.11 Å². The van der Waals surface area contributed by atoms with E-state index in [9.17, 15) is 4.79 Å². The Labute approximate surface area is 124 Å². The zero-order valence-electron chi connectivity index (χ0n) is 10.1. The molecule has 19 heavy (non-hydrogen) atoms. The second kappa shape index (κ2) is 5.63. The fourth-order valence-corrected chi connectivity index (χ4v) is 2.75. The van der Waals surface area contributed by atoms with Crippen molar-refractivity contribution in [3.63, 3.8) is 0 Å². The summed E-state index contributed by atoms with van der Waals surface area (Å²) in [4.78, 5) is 11.4. The second-order valence-corrected chi connectivity index (χ2v) is 5.26. The van der Waals surface area contributed by atoms with Crippen LogP contribution in [0.15, 0.2) is 40.9 Å². The van der Waals surface area contributed by atoms with E-state index in [0.717, 1.165) is 15.6 Å². The highest BCUT2D eigenvalue weighted by Crippen LogP contribution is 2.35. The van der Waals surface area contributed by atoms with Crippen molar-refractivity contribution in [2.45, 2.75) is 0 Å². The number of hydrogen-bond donors (Lipinski definition) is 1. The molecule has 0 aliphatic heterocycles. The van der Waals surface area contributed by atoms with Crippen molar-refractivity contribution in [3.8, 4) is 16.9 Å². The van der Waals surface area contributed by atoms with Gasteiger partial charge in [0.25, 0.3) is 5.91 Å². The molecule has 0 saturated heterocycles. The number of para-hydroxylation sites is 1. The number of carbonyl (C=O) groups is 1. The van der Waals surface area contributed by atoms with E-state index in [-0.39, 0.29) is 0 Å². The molecule has 0 heterocycles. The van der Waals surface area contributed by atoms with Gasteiger partial charge in [0.1, 0.15) is 5.75 Å². The maximum atomic E-state index is 11.4. The number of halogens is 2. The molecule has 0 radical (unpaired) electrons. The zero-order valence-corrected chi connectivity index (χ0v) is 12.5. The average Bonchev–Trinajstić information content (AvgIpc) is 2.36. The Morgan fingerprint density at radius 2 is 2.05 bits per heavy atom. The number of ether oxygens (including phenoxy) is 1. The zero-order chi connectivity index (χ0) is 14.0. The third-order valence-electron chi connectivity index (χ3n) is 2.66. The van der Waals surface area contributed by atoms with Crippen molar-refractivity contribution in [1.29, 1.82) is 0 Å². The number of methoxy groups -OCH3 is 1. The molecule has 0 aromatic heterocycles. The molecule has 2 N–H and O–H groups in total. The number of carbonyl (C=O) groups excluding carboxylic acids is 1. The molecule has 1 amide bonds. The molecule has 2 rings (SSSR count). The van der Waals surface area contributed by atoms with Crippen LogP contribution >= 0.6 is 27.5 Å². The van der Waals surface area contributed by atoms with E-state index in [0.29, 0.717) is 16.3 Å². The SMILES string of the molecule is COc1c(C(N)=O)cccc1-c1cc(Cl)cc(Br)c1. The van der Waals surface area contributed by atoms with Gasteiger partial charge in [0.15, 0.2) is 0 Å². The van der Waals surface area contributed by atoms with Crippen LogP contribution in [0.3, 0.4) is 0 Å². The lowest BCUT2D eigenvalue weighted by Gasteiger charge is -2.12. The number of primary amides is 1. The van der Waals surface area contributed by atoms with E-state index in [4.69, 9.17) is 22.1 Å². The topological polar surface area (TPSA) is 52.3 Å². The molecule has 0 atom stereocenters. The summed E-state index contributed by atoms with van der Waals surface area (Å²) in [7, 11) is 1.50. The van der Waals surface area contributed by atoms with Gasteiger partial charge >= 0.3 is 0 Å². The minimum atomic E-state index is -0.528. The highest BCUT2D eigenvalue weighted by Gasteiger charge is 2.15. The molecule has 0 bridgehead atoms. The van der Waals surface area contributed by atoms with Crippen molar-refractivity contribution < 1.29 is 9.53 Å².